The van der Waals surface area contributed by atoms with Crippen LogP contribution in [-0.4, -0.2) is 6.54 Å². The third kappa shape index (κ3) is 2.98. The lowest BCUT2D eigenvalue weighted by Crippen LogP contribution is -1.95. The number of benzene rings is 1. The van der Waals surface area contributed by atoms with Crippen molar-refractivity contribution in [2.75, 3.05) is 6.54 Å². The van der Waals surface area contributed by atoms with E-state index in [1.807, 2.05) is 6.08 Å². The minimum atomic E-state index is -0.508. The van der Waals surface area contributed by atoms with Crippen LogP contribution in [0.3, 0.4) is 0 Å². The molecule has 0 aliphatic rings. The van der Waals surface area contributed by atoms with Crippen LogP contribution < -0.4 is 5.73 Å². The minimum absolute atomic E-state index is 0.0392. The lowest BCUT2D eigenvalue weighted by Gasteiger charge is -1.99. The highest BCUT2D eigenvalue weighted by atomic mass is 35.5. The Labute approximate surface area is 92.3 Å². The van der Waals surface area contributed by atoms with Crippen LogP contribution in [0.4, 0.5) is 4.39 Å². The van der Waals surface area contributed by atoms with Crippen LogP contribution in [0.1, 0.15) is 12.0 Å². The molecule has 14 heavy (non-hydrogen) atoms. The second-order valence-corrected chi connectivity index (χ2v) is 3.56. The number of rotatable bonds is 3. The molecule has 1 aromatic carbocycles. The third-order valence-electron chi connectivity index (χ3n) is 1.65. The van der Waals surface area contributed by atoms with Crippen LogP contribution >= 0.6 is 23.2 Å². The molecule has 0 aliphatic carbocycles. The van der Waals surface area contributed by atoms with Crippen molar-refractivity contribution in [3.8, 4) is 0 Å². The Morgan fingerprint density at radius 2 is 2.07 bits per heavy atom. The van der Waals surface area contributed by atoms with Gasteiger partial charge in [0.05, 0.1) is 10.0 Å². The van der Waals surface area contributed by atoms with Gasteiger partial charge in [0.2, 0.25) is 0 Å². The summed E-state index contributed by atoms with van der Waals surface area (Å²) in [5.74, 6) is -0.508. The standard InChI is InChI=1S/C10H10Cl2FN/c11-8-5-7(3-1-2-4-14)6-9(13)10(8)12/h1,3,5-6H,2,4,14H2. The Bertz CT molecular complexity index is 327. The summed E-state index contributed by atoms with van der Waals surface area (Å²) in [5.41, 5.74) is 5.99. The zero-order valence-electron chi connectivity index (χ0n) is 7.43. The maximum Gasteiger partial charge on any atom is 0.143 e. The fourth-order valence-electron chi connectivity index (χ4n) is 0.987. The van der Waals surface area contributed by atoms with Gasteiger partial charge in [-0.05, 0) is 30.7 Å². The summed E-state index contributed by atoms with van der Waals surface area (Å²) < 4.78 is 13.1. The summed E-state index contributed by atoms with van der Waals surface area (Å²) in [6.07, 6.45) is 4.37. The molecule has 0 atom stereocenters. The molecule has 0 aliphatic heterocycles. The van der Waals surface area contributed by atoms with Crippen molar-refractivity contribution in [1.82, 2.24) is 0 Å². The van der Waals surface area contributed by atoms with Gasteiger partial charge in [0.15, 0.2) is 0 Å². The summed E-state index contributed by atoms with van der Waals surface area (Å²) in [6.45, 7) is 0.570. The predicted molar refractivity (Wildman–Crippen MR) is 59.1 cm³/mol. The van der Waals surface area contributed by atoms with Gasteiger partial charge >= 0.3 is 0 Å². The molecule has 76 valence electrons. The second kappa shape index (κ2) is 5.35. The molecule has 0 fully saturated rings. The van der Waals surface area contributed by atoms with E-state index in [9.17, 15) is 4.39 Å². The average molecular weight is 234 g/mol. The highest BCUT2D eigenvalue weighted by Crippen LogP contribution is 2.26. The predicted octanol–water partition coefficient (Wildman–Crippen LogP) is 3.49. The van der Waals surface area contributed by atoms with E-state index in [1.165, 1.54) is 6.07 Å². The van der Waals surface area contributed by atoms with Crippen molar-refractivity contribution in [3.05, 3.63) is 39.6 Å². The first kappa shape index (κ1) is 11.5. The average Bonchev–Trinajstić information content (AvgIpc) is 2.14. The van der Waals surface area contributed by atoms with Crippen LogP contribution in [-0.2, 0) is 0 Å². The Morgan fingerprint density at radius 3 is 2.64 bits per heavy atom. The monoisotopic (exact) mass is 233 g/mol. The van der Waals surface area contributed by atoms with Crippen molar-refractivity contribution < 1.29 is 4.39 Å². The van der Waals surface area contributed by atoms with Crippen LogP contribution in [0.25, 0.3) is 6.08 Å². The number of halogens is 3. The van der Waals surface area contributed by atoms with Crippen LogP contribution in [0.5, 0.6) is 0 Å². The van der Waals surface area contributed by atoms with Gasteiger partial charge in [0.25, 0.3) is 0 Å². The van der Waals surface area contributed by atoms with E-state index in [2.05, 4.69) is 0 Å². The van der Waals surface area contributed by atoms with Crippen molar-refractivity contribution in [2.45, 2.75) is 6.42 Å². The van der Waals surface area contributed by atoms with Crippen LogP contribution in [0.15, 0.2) is 18.2 Å². The van der Waals surface area contributed by atoms with E-state index in [0.717, 1.165) is 6.42 Å². The van der Waals surface area contributed by atoms with Gasteiger partial charge < -0.3 is 5.73 Å². The van der Waals surface area contributed by atoms with Crippen molar-refractivity contribution in [3.63, 3.8) is 0 Å². The first-order valence-electron chi connectivity index (χ1n) is 4.16. The Hall–Kier alpha value is -0.570. The Kier molecular flexibility index (Phi) is 4.39. The van der Waals surface area contributed by atoms with Crippen LogP contribution in [0, 0.1) is 5.82 Å². The van der Waals surface area contributed by atoms with E-state index in [1.54, 1.807) is 12.1 Å². The third-order valence-corrected chi connectivity index (χ3v) is 2.43. The Morgan fingerprint density at radius 1 is 1.36 bits per heavy atom. The first-order chi connectivity index (χ1) is 6.65. The highest BCUT2D eigenvalue weighted by Gasteiger charge is 2.05. The van der Waals surface area contributed by atoms with Gasteiger partial charge in [-0.2, -0.15) is 0 Å². The molecule has 0 spiro atoms. The summed E-state index contributed by atoms with van der Waals surface area (Å²) in [7, 11) is 0. The quantitative estimate of drug-likeness (QED) is 0.796. The smallest absolute Gasteiger partial charge is 0.143 e. The largest absolute Gasteiger partial charge is 0.330 e. The number of hydrogen-bond donors (Lipinski definition) is 1. The Balaban J connectivity index is 2.89. The molecule has 0 saturated heterocycles. The molecule has 0 saturated carbocycles. The molecule has 4 heteroatoms. The fraction of sp³-hybridized carbons (Fsp3) is 0.200. The van der Waals surface area contributed by atoms with Gasteiger partial charge in [-0.15, -0.1) is 0 Å². The normalized spacial score (nSPS) is 11.1. The fourth-order valence-corrected chi connectivity index (χ4v) is 1.31. The second-order valence-electron chi connectivity index (χ2n) is 2.78. The molecular weight excluding hydrogens is 224 g/mol. The lowest BCUT2D eigenvalue weighted by atomic mass is 10.2. The van der Waals surface area contributed by atoms with E-state index >= 15 is 0 Å². The van der Waals surface area contributed by atoms with Crippen molar-refractivity contribution in [1.29, 1.82) is 0 Å². The molecule has 0 bridgehead atoms. The van der Waals surface area contributed by atoms with E-state index < -0.39 is 5.82 Å². The molecule has 0 radical (unpaired) electrons. The summed E-state index contributed by atoms with van der Waals surface area (Å²) in [5, 5.41) is 0.182. The van der Waals surface area contributed by atoms with Crippen LogP contribution in [0.2, 0.25) is 10.0 Å². The van der Waals surface area contributed by atoms with E-state index in [0.29, 0.717) is 12.1 Å². The van der Waals surface area contributed by atoms with Crippen molar-refractivity contribution in [2.24, 2.45) is 5.73 Å². The summed E-state index contributed by atoms with van der Waals surface area (Å²) in [4.78, 5) is 0. The molecular formula is C10H10Cl2FN. The van der Waals surface area contributed by atoms with Gasteiger partial charge in [-0.3, -0.25) is 0 Å². The molecule has 2 N–H and O–H groups in total. The molecule has 0 heterocycles. The molecule has 0 unspecified atom stereocenters. The highest BCUT2D eigenvalue weighted by molar-refractivity contribution is 6.42. The molecule has 1 nitrogen and oxygen atoms in total. The van der Waals surface area contributed by atoms with E-state index in [4.69, 9.17) is 28.9 Å². The molecule has 0 aromatic heterocycles. The van der Waals surface area contributed by atoms with Gasteiger partial charge in [-0.1, -0.05) is 35.4 Å². The topological polar surface area (TPSA) is 26.0 Å². The SMILES string of the molecule is NCCC=Cc1cc(F)c(Cl)c(Cl)c1. The lowest BCUT2D eigenvalue weighted by molar-refractivity contribution is 0.628. The van der Waals surface area contributed by atoms with Gasteiger partial charge in [0, 0.05) is 0 Å². The zero-order valence-corrected chi connectivity index (χ0v) is 8.95. The molecule has 1 rings (SSSR count). The molecule has 1 aromatic rings. The minimum Gasteiger partial charge on any atom is -0.330 e. The first-order valence-corrected chi connectivity index (χ1v) is 4.92. The van der Waals surface area contributed by atoms with Crippen molar-refractivity contribution >= 4 is 29.3 Å². The maximum atomic E-state index is 13.1. The zero-order chi connectivity index (χ0) is 10.6. The molecule has 0 amide bonds. The van der Waals surface area contributed by atoms with Gasteiger partial charge in [-0.25, -0.2) is 4.39 Å². The summed E-state index contributed by atoms with van der Waals surface area (Å²) in [6, 6.07) is 2.95. The maximum absolute atomic E-state index is 13.1. The number of hydrogen-bond acceptors (Lipinski definition) is 1. The van der Waals surface area contributed by atoms with Gasteiger partial charge in [0.1, 0.15) is 5.82 Å². The van der Waals surface area contributed by atoms with E-state index in [-0.39, 0.29) is 10.0 Å². The number of nitrogens with two attached hydrogens (primary N) is 1. The summed E-state index contributed by atoms with van der Waals surface area (Å²) >= 11 is 11.3.